The second-order valence-electron chi connectivity index (χ2n) is 19.7. The molecule has 4 aromatic rings. The van der Waals surface area contributed by atoms with Gasteiger partial charge >= 0.3 is 11.9 Å². The van der Waals surface area contributed by atoms with Crippen molar-refractivity contribution in [3.8, 4) is 11.4 Å². The standard InChI is InChI=1S/C54H58FN9O14/c1-4-54(77)33-20-39-49-31(25-64(39)51(74)32(33)27-78-53(54)76)48-35(15-14-30-28(2)34(55)21-36(61-49)47(30)48)58-42(67)24-57-50(73)37(19-29-11-7-5-8-12-29)59-41(66)23-56-43(68)26-62(3)52(75)38(22-46(71)72)60-40(65)13-9-6-10-18-63-44(69)16-17-45(63)70/h5,7-8,11-12,16-17,20-21,35,37-38,77H,4,6,9-10,13-15,18-19,22-27H2,1-3H3,(H,56,68)(H,57,73)(H,58,67)(H,59,66)(H,60,65)(H,71,72)/t35-,37-,38-,54-/m0/s1. The Kier molecular flexibility index (Phi) is 16.6. The number of rotatable bonds is 22. The van der Waals surface area contributed by atoms with Crippen LogP contribution in [-0.4, -0.2) is 134 Å². The molecule has 24 heteroatoms. The van der Waals surface area contributed by atoms with Gasteiger partial charge in [-0.2, -0.15) is 0 Å². The number of aromatic nitrogens is 2. The number of ether oxygens (including phenoxy) is 1. The molecule has 0 bridgehead atoms. The van der Waals surface area contributed by atoms with Gasteiger partial charge in [0.15, 0.2) is 5.60 Å². The van der Waals surface area contributed by atoms with Crippen molar-refractivity contribution in [2.45, 2.75) is 109 Å². The fourth-order valence-electron chi connectivity index (χ4n) is 10.4. The zero-order valence-corrected chi connectivity index (χ0v) is 43.0. The third kappa shape index (κ3) is 11.7. The molecule has 8 rings (SSSR count). The largest absolute Gasteiger partial charge is 0.481 e. The first-order valence-corrected chi connectivity index (χ1v) is 25.5. The Morgan fingerprint density at radius 2 is 1.59 bits per heavy atom. The van der Waals surface area contributed by atoms with Crippen LogP contribution < -0.4 is 32.1 Å². The minimum absolute atomic E-state index is 0.00800. The molecule has 2 aromatic heterocycles. The monoisotopic (exact) mass is 1080 g/mol. The molecule has 0 fully saturated rings. The number of carboxylic acids is 1. The molecule has 8 amide bonds. The number of benzene rings is 2. The second-order valence-corrected chi connectivity index (χ2v) is 19.7. The van der Waals surface area contributed by atoms with Crippen molar-refractivity contribution in [2.75, 3.05) is 33.2 Å². The number of hydrogen-bond acceptors (Lipinski definition) is 14. The van der Waals surface area contributed by atoms with Gasteiger partial charge in [0.25, 0.3) is 17.4 Å². The van der Waals surface area contributed by atoms with E-state index in [2.05, 4.69) is 26.6 Å². The number of halogens is 1. The molecule has 0 saturated heterocycles. The summed E-state index contributed by atoms with van der Waals surface area (Å²) in [5, 5.41) is 34.4. The van der Waals surface area contributed by atoms with Crippen LogP contribution in [0.5, 0.6) is 0 Å². The van der Waals surface area contributed by atoms with Gasteiger partial charge in [-0.3, -0.25) is 52.8 Å². The maximum atomic E-state index is 15.5. The molecule has 7 N–H and O–H groups in total. The topological polar surface area (TPSA) is 322 Å². The molecule has 4 aliphatic rings. The van der Waals surface area contributed by atoms with Crippen molar-refractivity contribution in [3.05, 3.63) is 110 Å². The summed E-state index contributed by atoms with van der Waals surface area (Å²) in [6.07, 6.45) is 3.19. The number of aliphatic hydroxyl groups is 1. The number of carbonyl (C=O) groups is 10. The van der Waals surface area contributed by atoms with Gasteiger partial charge in [0, 0.05) is 61.2 Å². The Labute approximate surface area is 444 Å². The molecule has 2 aromatic carbocycles. The van der Waals surface area contributed by atoms with E-state index in [1.165, 1.54) is 29.8 Å². The highest BCUT2D eigenvalue weighted by molar-refractivity contribution is 6.12. The van der Waals surface area contributed by atoms with Crippen LogP contribution in [0.2, 0.25) is 0 Å². The van der Waals surface area contributed by atoms with Crippen molar-refractivity contribution in [1.82, 2.24) is 45.9 Å². The number of fused-ring (bicyclic) bond motifs is 5. The molecular weight excluding hydrogens is 1020 g/mol. The van der Waals surface area contributed by atoms with Crippen LogP contribution in [0, 0.1) is 12.7 Å². The predicted octanol–water partition coefficient (Wildman–Crippen LogP) is 0.494. The molecule has 410 valence electrons. The minimum Gasteiger partial charge on any atom is -0.481 e. The average molecular weight is 1080 g/mol. The highest BCUT2D eigenvalue weighted by Crippen LogP contribution is 2.46. The summed E-state index contributed by atoms with van der Waals surface area (Å²) in [6, 6.07) is 7.97. The lowest BCUT2D eigenvalue weighted by molar-refractivity contribution is -0.172. The predicted molar refractivity (Wildman–Crippen MR) is 273 cm³/mol. The van der Waals surface area contributed by atoms with Crippen LogP contribution in [0.15, 0.2) is 59.4 Å². The van der Waals surface area contributed by atoms with Gasteiger partial charge in [0.2, 0.25) is 35.4 Å². The summed E-state index contributed by atoms with van der Waals surface area (Å²) >= 11 is 0. The number of hydrogen-bond donors (Lipinski definition) is 7. The number of nitrogens with one attached hydrogen (secondary N) is 5. The number of esters is 1. The Morgan fingerprint density at radius 1 is 0.885 bits per heavy atom. The van der Waals surface area contributed by atoms with E-state index < -0.39 is 120 Å². The van der Waals surface area contributed by atoms with Gasteiger partial charge in [-0.15, -0.1) is 0 Å². The number of carbonyl (C=O) groups excluding carboxylic acids is 9. The van der Waals surface area contributed by atoms with E-state index in [-0.39, 0.29) is 55.6 Å². The smallest absolute Gasteiger partial charge is 0.343 e. The van der Waals surface area contributed by atoms with Crippen molar-refractivity contribution in [2.24, 2.45) is 0 Å². The molecule has 0 spiro atoms. The molecule has 78 heavy (non-hydrogen) atoms. The van der Waals surface area contributed by atoms with Gasteiger partial charge in [-0.1, -0.05) is 43.7 Å². The SMILES string of the molecule is CC[C@@]1(O)C(=O)OCc2c1cc1n(c2=O)Cc2c-1nc1cc(F)c(C)c3c1c2[C@@H](NC(=O)CNC(=O)[C@H](Cc1ccccc1)NC(=O)CNC(=O)CN(C)C(=O)[C@H](CC(=O)O)NC(=O)CCCCCN1C(=O)C=CC1=O)CC3. The van der Waals surface area contributed by atoms with Crippen molar-refractivity contribution >= 4 is 70.1 Å². The number of unbranched alkanes of at least 4 members (excludes halogenated alkanes) is 2. The second kappa shape index (κ2) is 23.3. The highest BCUT2D eigenvalue weighted by Gasteiger charge is 2.46. The van der Waals surface area contributed by atoms with E-state index >= 15 is 4.39 Å². The minimum atomic E-state index is -2.08. The lowest BCUT2D eigenvalue weighted by Crippen LogP contribution is -2.53. The first-order chi connectivity index (χ1) is 37.2. The van der Waals surface area contributed by atoms with E-state index in [1.807, 2.05) is 0 Å². The number of carboxylic acid groups (broad SMARTS) is 1. The Hall–Kier alpha value is -8.67. The third-order valence-electron chi connectivity index (χ3n) is 14.5. The maximum Gasteiger partial charge on any atom is 0.343 e. The lowest BCUT2D eigenvalue weighted by atomic mass is 9.81. The van der Waals surface area contributed by atoms with E-state index in [0.29, 0.717) is 76.7 Å². The number of nitrogens with zero attached hydrogens (tertiary/aromatic N) is 4. The number of imide groups is 1. The molecule has 4 atom stereocenters. The van der Waals surface area contributed by atoms with E-state index in [1.54, 1.807) is 50.2 Å². The molecule has 0 radical (unpaired) electrons. The van der Waals surface area contributed by atoms with Crippen molar-refractivity contribution in [1.29, 1.82) is 0 Å². The summed E-state index contributed by atoms with van der Waals surface area (Å²) in [4.78, 5) is 149. The lowest BCUT2D eigenvalue weighted by Gasteiger charge is -2.31. The van der Waals surface area contributed by atoms with E-state index in [4.69, 9.17) is 9.72 Å². The number of aliphatic carboxylic acids is 1. The number of aryl methyl sites for hydroxylation is 1. The van der Waals surface area contributed by atoms with Crippen molar-refractivity contribution in [3.63, 3.8) is 0 Å². The number of likely N-dealkylation sites (N-methyl/N-ethyl adjacent to an activating group) is 1. The fourth-order valence-corrected chi connectivity index (χ4v) is 10.4. The maximum absolute atomic E-state index is 15.5. The van der Waals surface area contributed by atoms with Gasteiger partial charge in [-0.25, -0.2) is 14.2 Å². The van der Waals surface area contributed by atoms with Crippen LogP contribution in [0.4, 0.5) is 4.39 Å². The molecule has 0 unspecified atom stereocenters. The number of amides is 8. The Balaban J connectivity index is 0.884. The molecule has 0 saturated carbocycles. The molecule has 23 nitrogen and oxygen atoms in total. The summed E-state index contributed by atoms with van der Waals surface area (Å²) in [5.41, 5.74) is 1.42. The first kappa shape index (κ1) is 55.6. The normalized spacial score (nSPS) is 17.5. The summed E-state index contributed by atoms with van der Waals surface area (Å²) < 4.78 is 22.1. The summed E-state index contributed by atoms with van der Waals surface area (Å²) in [6.45, 7) is 1.21. The number of cyclic esters (lactones) is 1. The Bertz CT molecular complexity index is 3250. The quantitative estimate of drug-likeness (QED) is 0.0282. The highest BCUT2D eigenvalue weighted by atomic mass is 19.1. The van der Waals surface area contributed by atoms with Crippen LogP contribution in [0.1, 0.15) is 96.9 Å². The van der Waals surface area contributed by atoms with E-state index in [0.717, 1.165) is 9.80 Å². The Morgan fingerprint density at radius 3 is 2.29 bits per heavy atom. The van der Waals surface area contributed by atoms with Gasteiger partial charge < -0.3 is 51.0 Å². The first-order valence-electron chi connectivity index (χ1n) is 25.5. The summed E-state index contributed by atoms with van der Waals surface area (Å²) in [5.74, 6) is -8.18. The van der Waals surface area contributed by atoms with Gasteiger partial charge in [-0.05, 0) is 67.3 Å². The molecule has 1 aliphatic carbocycles. The van der Waals surface area contributed by atoms with Crippen molar-refractivity contribution < 1.29 is 67.3 Å². The average Bonchev–Trinajstić information content (AvgIpc) is 4.12. The molecule has 5 heterocycles. The van der Waals surface area contributed by atoms with Crippen LogP contribution in [0.3, 0.4) is 0 Å². The van der Waals surface area contributed by atoms with Gasteiger partial charge in [0.1, 0.15) is 24.5 Å². The third-order valence-corrected chi connectivity index (χ3v) is 14.5. The number of pyridine rings is 2. The van der Waals surface area contributed by atoms with Crippen LogP contribution in [-0.2, 0) is 84.3 Å². The van der Waals surface area contributed by atoms with E-state index in [9.17, 15) is 63.0 Å². The molecular formula is C54H58FN9O14. The van der Waals surface area contributed by atoms with Crippen LogP contribution >= 0.6 is 0 Å². The van der Waals surface area contributed by atoms with Gasteiger partial charge in [0.05, 0.1) is 61.1 Å². The molecule has 3 aliphatic heterocycles. The summed E-state index contributed by atoms with van der Waals surface area (Å²) in [7, 11) is 1.20. The zero-order chi connectivity index (χ0) is 56.2. The zero-order valence-electron chi connectivity index (χ0n) is 43.0. The fraction of sp³-hybridized carbons (Fsp3) is 0.407. The van der Waals surface area contributed by atoms with Crippen LogP contribution in [0.25, 0.3) is 22.3 Å².